The number of aryl methyl sites for hydroxylation is 4. The van der Waals surface area contributed by atoms with E-state index in [0.717, 1.165) is 13.8 Å². The molecule has 0 aliphatic rings. The van der Waals surface area contributed by atoms with Crippen LogP contribution in [-0.2, 0) is 70.6 Å². The van der Waals surface area contributed by atoms with Gasteiger partial charge in [-0.05, 0) is 13.8 Å². The highest BCUT2D eigenvalue weighted by atomic mass is 16.4. The van der Waals surface area contributed by atoms with Crippen molar-refractivity contribution in [2.24, 2.45) is 41.9 Å². The van der Waals surface area contributed by atoms with Gasteiger partial charge in [0.1, 0.15) is 12.9 Å². The maximum Gasteiger partial charge on any atom is 0.336 e. The fourth-order valence-electron chi connectivity index (χ4n) is 3.87. The highest BCUT2D eigenvalue weighted by molar-refractivity contribution is 5.90. The summed E-state index contributed by atoms with van der Waals surface area (Å²) in [7, 11) is 0. The monoisotopic (exact) mass is 787 g/mol. The Bertz CT molecular complexity index is 2970. The van der Waals surface area contributed by atoms with Crippen molar-refractivity contribution in [3.63, 3.8) is 0 Å². The maximum atomic E-state index is 12.4. The van der Waals surface area contributed by atoms with E-state index in [0.29, 0.717) is 10.9 Å². The van der Waals surface area contributed by atoms with Gasteiger partial charge in [-0.15, -0.1) is 0 Å². The topological polar surface area (TPSA) is 347 Å². The molecule has 24 nitrogen and oxygen atoms in total. The van der Waals surface area contributed by atoms with Crippen LogP contribution in [0.5, 0.6) is 0 Å². The van der Waals surface area contributed by atoms with E-state index < -0.39 is 165 Å². The first kappa shape index (κ1) is 23.2. The number of fused-ring (bicyclic) bond motifs is 2. The summed E-state index contributed by atoms with van der Waals surface area (Å²) in [5.74, 6) is -7.50. The second-order valence-electron chi connectivity index (χ2n) is 10.6. The summed E-state index contributed by atoms with van der Waals surface area (Å²) in [6, 6.07) is 0. The van der Waals surface area contributed by atoms with Crippen LogP contribution in [0.15, 0.2) is 31.8 Å². The molecular formula is C30H40N8O16. The van der Waals surface area contributed by atoms with E-state index in [1.165, 1.54) is 0 Å². The van der Waals surface area contributed by atoms with Crippen LogP contribution in [0.1, 0.15) is 65.6 Å². The first-order valence-corrected chi connectivity index (χ1v) is 13.7. The minimum absolute atomic E-state index is 0.0122. The van der Waals surface area contributed by atoms with Gasteiger partial charge in [-0.2, -0.15) is 0 Å². The van der Waals surface area contributed by atoms with Crippen molar-refractivity contribution < 1.29 is 85.5 Å². The molecule has 296 valence electrons. The second-order valence-corrected chi connectivity index (χ2v) is 10.6. The molecular weight excluding hydrogens is 728 g/mol. The van der Waals surface area contributed by atoms with Crippen LogP contribution in [0.3, 0.4) is 0 Å². The van der Waals surface area contributed by atoms with Gasteiger partial charge in [-0.1, -0.05) is 0 Å². The van der Waals surface area contributed by atoms with Crippen LogP contribution < -0.4 is 22.5 Å². The predicted octanol–water partition coefficient (Wildman–Crippen LogP) is -3.55. The predicted molar refractivity (Wildman–Crippen MR) is 183 cm³/mol. The summed E-state index contributed by atoms with van der Waals surface area (Å²) in [5.41, 5.74) is -14.8. The fourth-order valence-corrected chi connectivity index (χ4v) is 3.87. The number of ketones is 2. The van der Waals surface area contributed by atoms with Gasteiger partial charge < -0.3 is 39.8 Å². The Kier molecular flexibility index (Phi) is 7.63. The van der Waals surface area contributed by atoms with Crippen LogP contribution in [0.4, 0.5) is 0 Å². The Hall–Kier alpha value is -6.56. The lowest BCUT2D eigenvalue weighted by atomic mass is 9.94. The Morgan fingerprint density at radius 1 is 0.611 bits per heavy atom. The molecule has 0 spiro atoms. The Balaban J connectivity index is 0.000000507. The molecule has 0 saturated carbocycles. The molecule has 0 fully saturated rings. The van der Waals surface area contributed by atoms with E-state index in [1.807, 2.05) is 0 Å². The van der Waals surface area contributed by atoms with Gasteiger partial charge in [0.05, 0.1) is 25.5 Å². The number of carboxylic acid groups (broad SMARTS) is 4. The standard InChI is InChI=1S/2C8H10N4O2.2C7H10O6/c2*1-10-4-9-6-5(10)7(13)12(3)8(14)11(6)2;2*1-4(8)2-7(13,6(11)12)3-5(9)10/h2*4H,1-3H3;2*13H,2-3H2,1H3,(H,9,10)(H,11,12)/i1D3,2D3,3D3,4D;1D3,2D3,3D3;;. The number of aliphatic hydroxyl groups is 2. The number of nitrogens with zero attached hydrogens (tertiary/aromatic N) is 8. The Morgan fingerprint density at radius 2 is 0.981 bits per heavy atom. The third-order valence-electron chi connectivity index (χ3n) is 6.21. The fraction of sp³-hybridized carbons (Fsp3) is 0.467. The summed E-state index contributed by atoms with van der Waals surface area (Å²) in [4.78, 5) is 118. The lowest BCUT2D eigenvalue weighted by Gasteiger charge is -2.19. The number of Topliss-reactive ketones (excluding diaryl/α,β-unsaturated/α-hetero) is 2. The first-order valence-electron chi connectivity index (χ1n) is 23.2. The third-order valence-corrected chi connectivity index (χ3v) is 6.21. The smallest absolute Gasteiger partial charge is 0.336 e. The van der Waals surface area contributed by atoms with Crippen LogP contribution in [0.2, 0.25) is 0 Å². The number of hydrogen-bond donors (Lipinski definition) is 6. The summed E-state index contributed by atoms with van der Waals surface area (Å²) in [5, 5.41) is 51.9. The Morgan fingerprint density at radius 3 is 1.30 bits per heavy atom. The van der Waals surface area contributed by atoms with Crippen LogP contribution in [0, 0.1) is 0 Å². The number of imidazole rings is 2. The van der Waals surface area contributed by atoms with Crippen molar-refractivity contribution >= 4 is 57.8 Å². The molecule has 4 rings (SSSR count). The average Bonchev–Trinajstić information content (AvgIpc) is 3.71. The zero-order chi connectivity index (χ0) is 58.1. The molecule has 4 aromatic heterocycles. The molecule has 0 saturated heterocycles. The third kappa shape index (κ3) is 10.7. The number of aliphatic carboxylic acids is 4. The van der Waals surface area contributed by atoms with Crippen LogP contribution >= 0.6 is 0 Å². The number of carbonyl (C=O) groups is 6. The molecule has 0 aromatic carbocycles. The normalized spacial score (nSPS) is 19.4. The van der Waals surface area contributed by atoms with E-state index in [9.17, 15) is 58.2 Å². The maximum absolute atomic E-state index is 12.4. The SMILES string of the molecule is CC(=O)CC(O)(CC(=O)O)C(=O)O.CC(=O)CC(O)(CC(=O)O)C(=O)O.[2H]C([2H])([2H])n1c(=O)c2c(ncn2C([2H])([2H])[2H])n(C([2H])([2H])[2H])c1=O.[2H]c1nc2c(c(=O)n(C([2H])([2H])[2H])c(=O)n2C([2H])([2H])[2H])n1C([2H])([2H])[2H]. The molecule has 0 bridgehead atoms. The molecule has 0 amide bonds. The summed E-state index contributed by atoms with van der Waals surface area (Å²) >= 11 is 0. The van der Waals surface area contributed by atoms with Crippen molar-refractivity contribution in [2.75, 3.05) is 0 Å². The van der Waals surface area contributed by atoms with Gasteiger partial charge >= 0.3 is 35.3 Å². The zero-order valence-corrected chi connectivity index (χ0v) is 27.2. The van der Waals surface area contributed by atoms with Gasteiger partial charge in [0.2, 0.25) is 0 Å². The molecule has 4 aromatic rings. The summed E-state index contributed by atoms with van der Waals surface area (Å²) < 4.78 is 139. The van der Waals surface area contributed by atoms with Gasteiger partial charge in [-0.3, -0.25) is 47.0 Å². The van der Waals surface area contributed by atoms with Crippen molar-refractivity contribution in [2.45, 2.75) is 50.7 Å². The molecule has 4 heterocycles. The first-order chi connectivity index (χ1) is 32.3. The average molecular weight is 788 g/mol. The highest BCUT2D eigenvalue weighted by Gasteiger charge is 2.40. The number of carbonyl (C=O) groups excluding carboxylic acids is 2. The van der Waals surface area contributed by atoms with Crippen molar-refractivity contribution in [1.29, 1.82) is 0 Å². The molecule has 0 radical (unpaired) electrons. The molecule has 24 heteroatoms. The molecule has 6 N–H and O–H groups in total. The largest absolute Gasteiger partial charge is 0.481 e. The highest BCUT2D eigenvalue weighted by Crippen LogP contribution is 2.17. The Labute approximate surface area is 328 Å². The minimum Gasteiger partial charge on any atom is -0.481 e. The van der Waals surface area contributed by atoms with E-state index in [4.69, 9.17) is 46.5 Å². The van der Waals surface area contributed by atoms with Crippen molar-refractivity contribution in [3.8, 4) is 0 Å². The minimum atomic E-state index is -3.36. The molecule has 54 heavy (non-hydrogen) atoms. The lowest BCUT2D eigenvalue weighted by Crippen LogP contribution is -2.42. The van der Waals surface area contributed by atoms with E-state index in [-0.39, 0.29) is 22.8 Å². The van der Waals surface area contributed by atoms with Gasteiger partial charge in [0.15, 0.2) is 33.5 Å². The van der Waals surface area contributed by atoms with E-state index in [2.05, 4.69) is 9.97 Å². The van der Waals surface area contributed by atoms with Crippen LogP contribution in [-0.4, -0.2) is 115 Å². The van der Waals surface area contributed by atoms with E-state index in [1.54, 1.807) is 0 Å². The molecule has 0 aliphatic heterocycles. The summed E-state index contributed by atoms with van der Waals surface area (Å²) in [6.45, 7) is -16.9. The molecule has 2 unspecified atom stereocenters. The zero-order valence-electron chi connectivity index (χ0n) is 46.2. The summed E-state index contributed by atoms with van der Waals surface area (Å²) in [6.07, 6.45) is -3.72. The lowest BCUT2D eigenvalue weighted by molar-refractivity contribution is -0.167. The number of carboxylic acids is 4. The van der Waals surface area contributed by atoms with E-state index >= 15 is 0 Å². The van der Waals surface area contributed by atoms with Crippen molar-refractivity contribution in [1.82, 2.24) is 37.4 Å². The van der Waals surface area contributed by atoms with Crippen LogP contribution in [0.25, 0.3) is 22.3 Å². The second kappa shape index (κ2) is 17.8. The van der Waals surface area contributed by atoms with Gasteiger partial charge in [0, 0.05) is 79.4 Å². The number of rotatable bonds is 10. The number of aromatic nitrogens is 8. The number of hydrogen-bond acceptors (Lipinski definition) is 14. The van der Waals surface area contributed by atoms with Gasteiger partial charge in [-0.25, -0.2) is 29.1 Å². The quantitative estimate of drug-likeness (QED) is 0.0906. The van der Waals surface area contributed by atoms with Gasteiger partial charge in [0.25, 0.3) is 11.1 Å². The molecule has 0 aliphatic carbocycles. The molecule has 2 atom stereocenters. The van der Waals surface area contributed by atoms with Crippen molar-refractivity contribution in [3.05, 3.63) is 54.3 Å².